The lowest BCUT2D eigenvalue weighted by Gasteiger charge is -2.37. The van der Waals surface area contributed by atoms with Crippen LogP contribution >= 0.6 is 24.0 Å². The van der Waals surface area contributed by atoms with Crippen LogP contribution in [0.1, 0.15) is 46.0 Å². The van der Waals surface area contributed by atoms with Crippen molar-refractivity contribution in [2.24, 2.45) is 16.8 Å². The molecule has 3 fully saturated rings. The molecule has 8 heteroatoms. The number of piperidine rings is 1. The lowest BCUT2D eigenvalue weighted by atomic mass is 9.92. The van der Waals surface area contributed by atoms with Crippen LogP contribution < -0.4 is 5.32 Å². The number of hydrogen-bond acceptors (Lipinski definition) is 4. The second-order valence-electron chi connectivity index (χ2n) is 9.20. The van der Waals surface area contributed by atoms with Gasteiger partial charge in [-0.25, -0.2) is 0 Å². The predicted molar refractivity (Wildman–Crippen MR) is 133 cm³/mol. The number of carbonyl (C=O) groups excluding carboxylic acids is 1. The smallest absolute Gasteiger partial charge is 0.251 e. The van der Waals surface area contributed by atoms with E-state index in [1.54, 1.807) is 0 Å². The van der Waals surface area contributed by atoms with Crippen molar-refractivity contribution in [1.82, 2.24) is 20.0 Å². The van der Waals surface area contributed by atoms with E-state index in [0.29, 0.717) is 0 Å². The van der Waals surface area contributed by atoms with Crippen LogP contribution in [0.15, 0.2) is 4.99 Å². The number of amides is 1. The fraction of sp³-hybridized carbons (Fsp3) is 0.909. The van der Waals surface area contributed by atoms with E-state index in [9.17, 15) is 4.79 Å². The van der Waals surface area contributed by atoms with Crippen molar-refractivity contribution < 1.29 is 9.53 Å². The van der Waals surface area contributed by atoms with Gasteiger partial charge >= 0.3 is 0 Å². The van der Waals surface area contributed by atoms with Crippen LogP contribution in [0.2, 0.25) is 0 Å². The second-order valence-corrected chi connectivity index (χ2v) is 9.20. The van der Waals surface area contributed by atoms with Gasteiger partial charge in [-0.05, 0) is 50.5 Å². The van der Waals surface area contributed by atoms with Crippen LogP contribution in [0.25, 0.3) is 0 Å². The quantitative estimate of drug-likeness (QED) is 0.245. The van der Waals surface area contributed by atoms with Gasteiger partial charge in [-0.15, -0.1) is 24.0 Å². The molecule has 0 aliphatic carbocycles. The van der Waals surface area contributed by atoms with Crippen LogP contribution in [0.4, 0.5) is 0 Å². The molecule has 1 amide bonds. The van der Waals surface area contributed by atoms with E-state index in [0.717, 1.165) is 76.4 Å². The summed E-state index contributed by atoms with van der Waals surface area (Å²) in [5.41, 5.74) is 0. The van der Waals surface area contributed by atoms with Crippen LogP contribution in [0, 0.1) is 11.8 Å². The van der Waals surface area contributed by atoms with Crippen LogP contribution in [0.3, 0.4) is 0 Å². The SMILES string of the molecule is CN=C(NCCCCN1CC(C)CC(C)C1)N1CCN(C(=O)C2CCCO2)CC1.I. The highest BCUT2D eigenvalue weighted by atomic mass is 127. The van der Waals surface area contributed by atoms with E-state index in [1.807, 2.05) is 11.9 Å². The number of nitrogens with one attached hydrogen (secondary N) is 1. The zero-order valence-corrected chi connectivity index (χ0v) is 21.5. The van der Waals surface area contributed by atoms with E-state index < -0.39 is 0 Å². The van der Waals surface area contributed by atoms with Crippen LogP contribution in [-0.4, -0.2) is 98.7 Å². The van der Waals surface area contributed by atoms with Gasteiger partial charge in [0, 0.05) is 59.5 Å². The highest BCUT2D eigenvalue weighted by molar-refractivity contribution is 14.0. The van der Waals surface area contributed by atoms with Crippen molar-refractivity contribution in [2.75, 3.05) is 66.0 Å². The number of hydrogen-bond donors (Lipinski definition) is 1. The average molecular weight is 536 g/mol. The lowest BCUT2D eigenvalue weighted by Crippen LogP contribution is -2.55. The van der Waals surface area contributed by atoms with Gasteiger partial charge in [0.05, 0.1) is 0 Å². The molecule has 0 bridgehead atoms. The molecular formula is C22H42IN5O2. The number of rotatable bonds is 6. The minimum atomic E-state index is -0.204. The minimum absolute atomic E-state index is 0. The molecule has 3 heterocycles. The summed E-state index contributed by atoms with van der Waals surface area (Å²) in [5.74, 6) is 2.81. The van der Waals surface area contributed by atoms with Gasteiger partial charge in [0.15, 0.2) is 5.96 Å². The van der Waals surface area contributed by atoms with Gasteiger partial charge in [0.1, 0.15) is 6.10 Å². The Morgan fingerprint density at radius 1 is 1.07 bits per heavy atom. The molecule has 3 atom stereocenters. The third kappa shape index (κ3) is 7.51. The Morgan fingerprint density at radius 3 is 2.33 bits per heavy atom. The molecule has 3 rings (SSSR count). The lowest BCUT2D eigenvalue weighted by molar-refractivity contribution is -0.142. The van der Waals surface area contributed by atoms with Crippen LogP contribution in [0.5, 0.6) is 0 Å². The molecule has 0 aromatic rings. The molecule has 0 spiro atoms. The number of ether oxygens (including phenoxy) is 1. The van der Waals surface area contributed by atoms with Crippen molar-refractivity contribution in [3.05, 3.63) is 0 Å². The van der Waals surface area contributed by atoms with Gasteiger partial charge in [0.2, 0.25) is 0 Å². The molecule has 0 radical (unpaired) electrons. The first-order valence-corrected chi connectivity index (χ1v) is 11.6. The summed E-state index contributed by atoms with van der Waals surface area (Å²) in [7, 11) is 1.85. The number of guanidine groups is 1. The highest BCUT2D eigenvalue weighted by Crippen LogP contribution is 2.21. The fourth-order valence-electron chi connectivity index (χ4n) is 5.08. The van der Waals surface area contributed by atoms with Crippen molar-refractivity contribution >= 4 is 35.8 Å². The van der Waals surface area contributed by atoms with Gasteiger partial charge < -0.3 is 24.8 Å². The summed E-state index contributed by atoms with van der Waals surface area (Å²) in [5, 5.41) is 3.52. The van der Waals surface area contributed by atoms with Crippen molar-refractivity contribution in [3.8, 4) is 0 Å². The zero-order chi connectivity index (χ0) is 20.6. The summed E-state index contributed by atoms with van der Waals surface area (Å²) >= 11 is 0. The second kappa shape index (κ2) is 13.1. The van der Waals surface area contributed by atoms with Crippen molar-refractivity contribution in [1.29, 1.82) is 0 Å². The zero-order valence-electron chi connectivity index (χ0n) is 19.1. The first-order valence-electron chi connectivity index (χ1n) is 11.6. The molecule has 1 N–H and O–H groups in total. The number of piperazine rings is 1. The maximum Gasteiger partial charge on any atom is 0.251 e. The monoisotopic (exact) mass is 535 g/mol. The summed E-state index contributed by atoms with van der Waals surface area (Å²) < 4.78 is 5.55. The third-order valence-electron chi connectivity index (χ3n) is 6.44. The maximum atomic E-state index is 12.5. The molecule has 3 unspecified atom stereocenters. The number of likely N-dealkylation sites (tertiary alicyclic amines) is 1. The molecule has 7 nitrogen and oxygen atoms in total. The summed E-state index contributed by atoms with van der Waals surface area (Å²) in [6, 6.07) is 0. The van der Waals surface area contributed by atoms with E-state index >= 15 is 0 Å². The Kier molecular flexibility index (Phi) is 11.2. The van der Waals surface area contributed by atoms with Gasteiger partial charge in [-0.2, -0.15) is 0 Å². The Balaban J connectivity index is 0.00000320. The molecule has 30 heavy (non-hydrogen) atoms. The molecule has 3 aliphatic heterocycles. The topological polar surface area (TPSA) is 60.4 Å². The van der Waals surface area contributed by atoms with Crippen molar-refractivity contribution in [3.63, 3.8) is 0 Å². The Bertz CT molecular complexity index is 538. The number of nitrogens with zero attached hydrogens (tertiary/aromatic N) is 4. The number of carbonyl (C=O) groups is 1. The molecular weight excluding hydrogens is 493 g/mol. The fourth-order valence-corrected chi connectivity index (χ4v) is 5.08. The maximum absolute atomic E-state index is 12.5. The normalized spacial score (nSPS) is 28.4. The molecule has 3 aliphatic rings. The Labute approximate surface area is 200 Å². The molecule has 0 aromatic heterocycles. The van der Waals surface area contributed by atoms with Crippen molar-refractivity contribution in [2.45, 2.75) is 52.1 Å². The minimum Gasteiger partial charge on any atom is -0.368 e. The van der Waals surface area contributed by atoms with E-state index in [4.69, 9.17) is 4.74 Å². The first kappa shape index (κ1) is 25.6. The first-order chi connectivity index (χ1) is 14.1. The summed E-state index contributed by atoms with van der Waals surface area (Å²) in [4.78, 5) is 23.8. The van der Waals surface area contributed by atoms with E-state index in [1.165, 1.54) is 32.5 Å². The van der Waals surface area contributed by atoms with E-state index in [2.05, 4.69) is 34.0 Å². The Morgan fingerprint density at radius 2 is 1.73 bits per heavy atom. The number of aliphatic imine (C=N–C) groups is 1. The summed E-state index contributed by atoms with van der Waals surface area (Å²) in [6.07, 6.45) is 5.44. The number of halogens is 1. The standard InChI is InChI=1S/C22H41N5O2.HI/c1-18-15-19(2)17-25(16-18)9-5-4-8-24-22(23-3)27-12-10-26(11-13-27)21(28)20-7-6-14-29-20;/h18-20H,4-17H2,1-3H3,(H,23,24);1H. The molecule has 174 valence electrons. The van der Waals surface area contributed by atoms with Gasteiger partial charge in [0.25, 0.3) is 5.91 Å². The largest absolute Gasteiger partial charge is 0.368 e. The predicted octanol–water partition coefficient (Wildman–Crippen LogP) is 2.26. The highest BCUT2D eigenvalue weighted by Gasteiger charge is 2.30. The summed E-state index contributed by atoms with van der Waals surface area (Å²) in [6.45, 7) is 13.3. The average Bonchev–Trinajstić information content (AvgIpc) is 3.24. The van der Waals surface area contributed by atoms with Crippen LogP contribution in [-0.2, 0) is 9.53 Å². The third-order valence-corrected chi connectivity index (χ3v) is 6.44. The molecule has 3 saturated heterocycles. The van der Waals surface area contributed by atoms with Gasteiger partial charge in [-0.3, -0.25) is 9.79 Å². The van der Waals surface area contributed by atoms with E-state index in [-0.39, 0.29) is 36.0 Å². The number of unbranched alkanes of at least 4 members (excludes halogenated alkanes) is 1. The molecule has 0 saturated carbocycles. The Hall–Kier alpha value is -0.610. The van der Waals surface area contributed by atoms with Gasteiger partial charge in [-0.1, -0.05) is 13.8 Å². The molecule has 0 aromatic carbocycles.